The molecule has 0 atom stereocenters. The molecule has 0 aliphatic rings. The molecule has 0 unspecified atom stereocenters. The molecule has 40 heavy (non-hydrogen) atoms. The molecule has 15 heteroatoms. The highest BCUT2D eigenvalue weighted by molar-refractivity contribution is 7.92. The van der Waals surface area contributed by atoms with Crippen molar-refractivity contribution in [1.82, 2.24) is 15.3 Å². The first-order valence-electron chi connectivity index (χ1n) is 11.9. The summed E-state index contributed by atoms with van der Waals surface area (Å²) in [5, 5.41) is 8.08. The maximum Gasteiger partial charge on any atom is 0.421 e. The minimum absolute atomic E-state index is 0.0521. The summed E-state index contributed by atoms with van der Waals surface area (Å²) < 4.78 is 85.2. The van der Waals surface area contributed by atoms with E-state index in [2.05, 4.69) is 25.9 Å². The second-order valence-corrected chi connectivity index (χ2v) is 10.6. The third kappa shape index (κ3) is 7.49. The van der Waals surface area contributed by atoms with Gasteiger partial charge in [0.15, 0.2) is 0 Å². The van der Waals surface area contributed by atoms with Crippen molar-refractivity contribution >= 4 is 39.1 Å². The highest BCUT2D eigenvalue weighted by Gasteiger charge is 2.35. The zero-order valence-corrected chi connectivity index (χ0v) is 22.9. The SMILES string of the molecule is CCCNC(=O)c1ccc(Nc2ncc(C(F)(F)F)c(NCc3ccc(F)cc3N(C)S(C)(=O)=O)n2)c(OC)c1. The van der Waals surface area contributed by atoms with Crippen LogP contribution in [0.15, 0.2) is 42.6 Å². The van der Waals surface area contributed by atoms with Crippen LogP contribution in [-0.2, 0) is 22.7 Å². The van der Waals surface area contributed by atoms with Gasteiger partial charge in [0.05, 0.1) is 24.7 Å². The minimum atomic E-state index is -4.82. The molecule has 0 fully saturated rings. The number of methoxy groups -OCH3 is 1. The maximum atomic E-state index is 13.9. The molecule has 1 heterocycles. The fourth-order valence-electron chi connectivity index (χ4n) is 3.52. The standard InChI is InChI=1S/C25H28F4N6O4S/c1-5-10-30-23(36)15-7-9-19(21(11-15)39-3)33-24-32-14-18(25(27,28)29)22(34-24)31-13-16-6-8-17(26)12-20(16)35(2)40(4,37)38/h6-9,11-12,14H,5,10,13H2,1-4H3,(H,30,36)(H2,31,32,33,34). The fraction of sp³-hybridized carbons (Fsp3) is 0.320. The summed E-state index contributed by atoms with van der Waals surface area (Å²) in [6.07, 6.45) is -2.56. The number of alkyl halides is 3. The highest BCUT2D eigenvalue weighted by Crippen LogP contribution is 2.35. The van der Waals surface area contributed by atoms with Crippen LogP contribution in [0.2, 0.25) is 0 Å². The number of ether oxygens (including phenoxy) is 1. The molecule has 10 nitrogen and oxygen atoms in total. The number of carbonyl (C=O) groups excluding carboxylic acids is 1. The minimum Gasteiger partial charge on any atom is -0.495 e. The molecule has 3 N–H and O–H groups in total. The predicted octanol–water partition coefficient (Wildman–Crippen LogP) is 4.53. The number of hydrogen-bond acceptors (Lipinski definition) is 8. The molecule has 0 radical (unpaired) electrons. The van der Waals surface area contributed by atoms with Crippen LogP contribution in [0.1, 0.15) is 34.8 Å². The summed E-state index contributed by atoms with van der Waals surface area (Å²) in [7, 11) is -1.22. The van der Waals surface area contributed by atoms with Crippen LogP contribution < -0.4 is 25.0 Å². The van der Waals surface area contributed by atoms with Crippen molar-refractivity contribution in [1.29, 1.82) is 0 Å². The third-order valence-corrected chi connectivity index (χ3v) is 6.86. The van der Waals surface area contributed by atoms with Crippen LogP contribution >= 0.6 is 0 Å². The lowest BCUT2D eigenvalue weighted by Crippen LogP contribution is -2.26. The number of rotatable bonds is 11. The summed E-state index contributed by atoms with van der Waals surface area (Å²) in [6, 6.07) is 7.76. The smallest absolute Gasteiger partial charge is 0.421 e. The second kappa shape index (κ2) is 12.4. The van der Waals surface area contributed by atoms with Crippen LogP contribution in [0.25, 0.3) is 0 Å². The quantitative estimate of drug-likeness (QED) is 0.281. The lowest BCUT2D eigenvalue weighted by molar-refractivity contribution is -0.137. The van der Waals surface area contributed by atoms with Gasteiger partial charge in [-0.2, -0.15) is 18.2 Å². The van der Waals surface area contributed by atoms with E-state index in [4.69, 9.17) is 4.74 Å². The van der Waals surface area contributed by atoms with E-state index in [1.165, 1.54) is 38.4 Å². The van der Waals surface area contributed by atoms with Gasteiger partial charge in [0.2, 0.25) is 16.0 Å². The van der Waals surface area contributed by atoms with E-state index < -0.39 is 33.4 Å². The topological polar surface area (TPSA) is 126 Å². The van der Waals surface area contributed by atoms with Gasteiger partial charge in [0, 0.05) is 31.9 Å². The number of aromatic nitrogens is 2. The number of anilines is 4. The zero-order valence-electron chi connectivity index (χ0n) is 22.1. The number of nitrogens with zero attached hydrogens (tertiary/aromatic N) is 3. The summed E-state index contributed by atoms with van der Waals surface area (Å²) >= 11 is 0. The zero-order chi connectivity index (χ0) is 29.7. The van der Waals surface area contributed by atoms with Gasteiger partial charge < -0.3 is 20.7 Å². The summed E-state index contributed by atoms with van der Waals surface area (Å²) in [5.41, 5.74) is -0.414. The molecular formula is C25H28F4N6O4S. The molecule has 0 aliphatic carbocycles. The first-order valence-corrected chi connectivity index (χ1v) is 13.7. The van der Waals surface area contributed by atoms with Crippen molar-refractivity contribution < 1.29 is 35.5 Å². The first-order chi connectivity index (χ1) is 18.7. The Bertz CT molecular complexity index is 1480. The summed E-state index contributed by atoms with van der Waals surface area (Å²) in [4.78, 5) is 20.0. The van der Waals surface area contributed by atoms with Gasteiger partial charge in [-0.25, -0.2) is 17.8 Å². The maximum absolute atomic E-state index is 13.9. The second-order valence-electron chi connectivity index (χ2n) is 8.61. The predicted molar refractivity (Wildman–Crippen MR) is 143 cm³/mol. The Hall–Kier alpha value is -4.14. The average molecular weight is 585 g/mol. The fourth-order valence-corrected chi connectivity index (χ4v) is 4.05. The van der Waals surface area contributed by atoms with Crippen LogP contribution in [0, 0.1) is 5.82 Å². The largest absolute Gasteiger partial charge is 0.495 e. The van der Waals surface area contributed by atoms with Gasteiger partial charge in [0.25, 0.3) is 5.91 Å². The molecule has 1 aromatic heterocycles. The van der Waals surface area contributed by atoms with Gasteiger partial charge in [-0.05, 0) is 42.3 Å². The van der Waals surface area contributed by atoms with Crippen molar-refractivity contribution in [2.24, 2.45) is 0 Å². The number of nitrogens with one attached hydrogen (secondary N) is 3. The van der Waals surface area contributed by atoms with Crippen molar-refractivity contribution in [2.45, 2.75) is 26.1 Å². The van der Waals surface area contributed by atoms with Gasteiger partial charge in [0.1, 0.15) is 22.9 Å². The van der Waals surface area contributed by atoms with Gasteiger partial charge in [-0.3, -0.25) is 9.10 Å². The van der Waals surface area contributed by atoms with E-state index in [1.807, 2.05) is 6.92 Å². The van der Waals surface area contributed by atoms with E-state index >= 15 is 0 Å². The van der Waals surface area contributed by atoms with E-state index in [9.17, 15) is 30.8 Å². The lowest BCUT2D eigenvalue weighted by Gasteiger charge is -2.21. The molecule has 216 valence electrons. The Kier molecular flexibility index (Phi) is 9.40. The Morgan fingerprint density at radius 2 is 1.88 bits per heavy atom. The van der Waals surface area contributed by atoms with E-state index in [0.717, 1.165) is 29.1 Å². The summed E-state index contributed by atoms with van der Waals surface area (Å²) in [6.45, 7) is 2.08. The molecular weight excluding hydrogens is 556 g/mol. The van der Waals surface area contributed by atoms with Crippen LogP contribution in [0.3, 0.4) is 0 Å². The average Bonchev–Trinajstić information content (AvgIpc) is 2.89. The van der Waals surface area contributed by atoms with E-state index in [0.29, 0.717) is 18.3 Å². The van der Waals surface area contributed by atoms with Gasteiger partial charge in [-0.1, -0.05) is 13.0 Å². The number of hydrogen-bond donors (Lipinski definition) is 3. The van der Waals surface area contributed by atoms with Crippen molar-refractivity contribution in [2.75, 3.05) is 41.9 Å². The molecule has 3 rings (SSSR count). The third-order valence-electron chi connectivity index (χ3n) is 5.67. The van der Waals surface area contributed by atoms with Crippen molar-refractivity contribution in [3.05, 3.63) is 65.1 Å². The molecule has 2 aromatic carbocycles. The number of sulfonamides is 1. The molecule has 0 aliphatic heterocycles. The molecule has 0 bridgehead atoms. The molecule has 1 amide bonds. The first kappa shape index (κ1) is 30.4. The van der Waals surface area contributed by atoms with E-state index in [1.54, 1.807) is 0 Å². The normalized spacial score (nSPS) is 11.6. The highest BCUT2D eigenvalue weighted by atomic mass is 32.2. The molecule has 3 aromatic rings. The van der Waals surface area contributed by atoms with Crippen LogP contribution in [0.4, 0.5) is 40.7 Å². The Labute approximate surface area is 228 Å². The molecule has 0 saturated carbocycles. The number of amides is 1. The number of carbonyl (C=O) groups is 1. The van der Waals surface area contributed by atoms with Crippen molar-refractivity contribution in [3.63, 3.8) is 0 Å². The van der Waals surface area contributed by atoms with Crippen LogP contribution in [-0.4, -0.2) is 51.3 Å². The van der Waals surface area contributed by atoms with Crippen LogP contribution in [0.5, 0.6) is 5.75 Å². The lowest BCUT2D eigenvalue weighted by atomic mass is 10.1. The molecule has 0 saturated heterocycles. The summed E-state index contributed by atoms with van der Waals surface area (Å²) in [5.74, 6) is -1.63. The Morgan fingerprint density at radius 3 is 2.50 bits per heavy atom. The van der Waals surface area contributed by atoms with Crippen molar-refractivity contribution in [3.8, 4) is 5.75 Å². The number of benzene rings is 2. The molecule has 0 spiro atoms. The van der Waals surface area contributed by atoms with E-state index in [-0.39, 0.29) is 41.1 Å². The number of halogens is 4. The van der Waals surface area contributed by atoms with Gasteiger partial charge in [-0.15, -0.1) is 0 Å². The Morgan fingerprint density at radius 1 is 1.15 bits per heavy atom. The monoisotopic (exact) mass is 584 g/mol. The van der Waals surface area contributed by atoms with Gasteiger partial charge >= 0.3 is 6.18 Å². The Balaban J connectivity index is 1.93.